The summed E-state index contributed by atoms with van der Waals surface area (Å²) in [7, 11) is -2.69. The number of ether oxygens (including phenoxy) is 2. The van der Waals surface area contributed by atoms with Crippen molar-refractivity contribution in [3.8, 4) is 23.2 Å². The maximum atomic E-state index is 13.9. The minimum Gasteiger partial charge on any atom is -0.494 e. The van der Waals surface area contributed by atoms with Gasteiger partial charge in [0.2, 0.25) is 5.88 Å². The van der Waals surface area contributed by atoms with Crippen LogP contribution in [0.2, 0.25) is 0 Å². The van der Waals surface area contributed by atoms with E-state index in [4.69, 9.17) is 9.47 Å². The Morgan fingerprint density at radius 3 is 2.39 bits per heavy atom. The van der Waals surface area contributed by atoms with E-state index in [1.165, 1.54) is 37.7 Å². The third kappa shape index (κ3) is 4.93. The highest BCUT2D eigenvalue weighted by Crippen LogP contribution is 2.25. The van der Waals surface area contributed by atoms with E-state index in [1.807, 2.05) is 19.9 Å². The minimum absolute atomic E-state index is 0.0406. The number of hydrogen-bond donors (Lipinski definition) is 1. The van der Waals surface area contributed by atoms with Crippen molar-refractivity contribution in [1.82, 2.24) is 19.7 Å². The second-order valence-electron chi connectivity index (χ2n) is 7.08. The molecule has 0 atom stereocenters. The fourth-order valence-corrected chi connectivity index (χ4v) is 4.17. The molecule has 9 nitrogen and oxygen atoms in total. The van der Waals surface area contributed by atoms with Gasteiger partial charge in [-0.3, -0.25) is 4.72 Å². The van der Waals surface area contributed by atoms with Crippen LogP contribution in [0.15, 0.2) is 65.8 Å². The number of hydrogen-bond acceptors (Lipinski definition) is 7. The Labute approximate surface area is 189 Å². The van der Waals surface area contributed by atoms with E-state index >= 15 is 0 Å². The third-order valence-electron chi connectivity index (χ3n) is 4.62. The van der Waals surface area contributed by atoms with Crippen LogP contribution in [-0.4, -0.2) is 35.3 Å². The van der Waals surface area contributed by atoms with Crippen molar-refractivity contribution in [3.63, 3.8) is 0 Å². The van der Waals surface area contributed by atoms with E-state index in [2.05, 4.69) is 19.8 Å². The summed E-state index contributed by atoms with van der Waals surface area (Å²) in [5.41, 5.74) is 2.07. The van der Waals surface area contributed by atoms with E-state index < -0.39 is 15.8 Å². The zero-order valence-electron chi connectivity index (χ0n) is 18.0. The monoisotopic (exact) mass is 469 g/mol. The molecule has 2 aromatic heterocycles. The molecular weight excluding hydrogens is 449 g/mol. The fourth-order valence-electron chi connectivity index (χ4n) is 3.10. The summed E-state index contributed by atoms with van der Waals surface area (Å²) in [4.78, 5) is 8.11. The molecule has 33 heavy (non-hydrogen) atoms. The number of halogens is 1. The number of methoxy groups -OCH3 is 1. The topological polar surface area (TPSA) is 108 Å². The van der Waals surface area contributed by atoms with Gasteiger partial charge >= 0.3 is 0 Å². The number of nitrogens with zero attached hydrogens (tertiary/aromatic N) is 4. The zero-order valence-corrected chi connectivity index (χ0v) is 18.8. The highest BCUT2D eigenvalue weighted by atomic mass is 32.2. The van der Waals surface area contributed by atoms with Gasteiger partial charge in [0.05, 0.1) is 17.7 Å². The lowest BCUT2D eigenvalue weighted by Gasteiger charge is -2.11. The fraction of sp³-hybridized carbons (Fsp3) is 0.136. The molecule has 4 rings (SSSR count). The van der Waals surface area contributed by atoms with E-state index in [1.54, 1.807) is 22.9 Å². The maximum absolute atomic E-state index is 13.9. The van der Waals surface area contributed by atoms with Crippen LogP contribution < -0.4 is 14.2 Å². The molecule has 0 saturated carbocycles. The second kappa shape index (κ2) is 8.87. The van der Waals surface area contributed by atoms with Crippen molar-refractivity contribution in [2.75, 3.05) is 11.8 Å². The molecule has 2 aromatic carbocycles. The number of sulfonamides is 1. The van der Waals surface area contributed by atoms with Crippen molar-refractivity contribution < 1.29 is 22.3 Å². The summed E-state index contributed by atoms with van der Waals surface area (Å²) >= 11 is 0. The Balaban J connectivity index is 1.48. The van der Waals surface area contributed by atoms with Gasteiger partial charge in [-0.2, -0.15) is 5.10 Å². The summed E-state index contributed by atoms with van der Waals surface area (Å²) in [6.45, 7) is 3.81. The van der Waals surface area contributed by atoms with Gasteiger partial charge in [0.1, 0.15) is 12.1 Å². The molecule has 2 heterocycles. The minimum atomic E-state index is -3.99. The van der Waals surface area contributed by atoms with Gasteiger partial charge < -0.3 is 9.47 Å². The van der Waals surface area contributed by atoms with E-state index in [0.29, 0.717) is 17.4 Å². The van der Waals surface area contributed by atoms with E-state index in [-0.39, 0.29) is 16.3 Å². The standard InChI is InChI=1S/C22H20FN5O4S/c1-14-10-15(2)28(26-14)21-12-22(25-13-24-21)32-17-6-4-16(5-7-17)27-33(29,30)18-8-9-20(31-3)19(23)11-18/h4-13,27H,1-3H3. The molecule has 1 N–H and O–H groups in total. The smallest absolute Gasteiger partial charge is 0.262 e. The van der Waals surface area contributed by atoms with Crippen molar-refractivity contribution in [2.24, 2.45) is 0 Å². The molecule has 4 aromatic rings. The van der Waals surface area contributed by atoms with Gasteiger partial charge in [-0.25, -0.2) is 27.5 Å². The number of nitrogens with one attached hydrogen (secondary N) is 1. The predicted molar refractivity (Wildman–Crippen MR) is 119 cm³/mol. The zero-order chi connectivity index (χ0) is 23.6. The summed E-state index contributed by atoms with van der Waals surface area (Å²) < 4.78 is 53.7. The molecule has 170 valence electrons. The quantitative estimate of drug-likeness (QED) is 0.435. The SMILES string of the molecule is COc1ccc(S(=O)(=O)Nc2ccc(Oc3cc(-n4nc(C)cc4C)ncn3)cc2)cc1F. The molecule has 0 aliphatic rings. The lowest BCUT2D eigenvalue weighted by atomic mass is 10.3. The number of aromatic nitrogens is 4. The number of rotatable bonds is 7. The van der Waals surface area contributed by atoms with Crippen LogP contribution in [0.4, 0.5) is 10.1 Å². The number of aryl methyl sites for hydroxylation is 2. The molecule has 0 amide bonds. The molecule has 0 spiro atoms. The summed E-state index contributed by atoms with van der Waals surface area (Å²) in [6, 6.07) is 13.2. The highest BCUT2D eigenvalue weighted by Gasteiger charge is 2.17. The van der Waals surface area contributed by atoms with Gasteiger partial charge in [0.25, 0.3) is 10.0 Å². The summed E-state index contributed by atoms with van der Waals surface area (Å²) in [6.07, 6.45) is 1.37. The summed E-state index contributed by atoms with van der Waals surface area (Å²) in [5.74, 6) is 0.484. The first kappa shape index (κ1) is 22.2. The van der Waals surface area contributed by atoms with E-state index in [9.17, 15) is 12.8 Å². The van der Waals surface area contributed by atoms with Crippen molar-refractivity contribution in [2.45, 2.75) is 18.7 Å². The predicted octanol–water partition coefficient (Wildman–Crippen LogP) is 4.02. The van der Waals surface area contributed by atoms with Crippen LogP contribution in [0.5, 0.6) is 17.4 Å². The first-order valence-corrected chi connectivity index (χ1v) is 11.2. The Morgan fingerprint density at radius 2 is 1.76 bits per heavy atom. The Morgan fingerprint density at radius 1 is 1.00 bits per heavy atom. The van der Waals surface area contributed by atoms with Crippen LogP contribution in [0.3, 0.4) is 0 Å². The first-order valence-electron chi connectivity index (χ1n) is 9.75. The molecular formula is C22H20FN5O4S. The van der Waals surface area contributed by atoms with Gasteiger partial charge in [-0.1, -0.05) is 0 Å². The molecule has 0 aliphatic carbocycles. The second-order valence-corrected chi connectivity index (χ2v) is 8.76. The normalized spacial score (nSPS) is 11.3. The van der Waals surface area contributed by atoms with Crippen LogP contribution in [-0.2, 0) is 10.0 Å². The number of benzene rings is 2. The average molecular weight is 469 g/mol. The van der Waals surface area contributed by atoms with Crippen LogP contribution in [0, 0.1) is 19.7 Å². The average Bonchev–Trinajstić information content (AvgIpc) is 3.13. The highest BCUT2D eigenvalue weighted by molar-refractivity contribution is 7.92. The summed E-state index contributed by atoms with van der Waals surface area (Å²) in [5, 5.41) is 4.39. The Kier molecular flexibility index (Phi) is 5.97. The number of anilines is 1. The van der Waals surface area contributed by atoms with Gasteiger partial charge in [0.15, 0.2) is 17.4 Å². The molecule has 0 fully saturated rings. The largest absolute Gasteiger partial charge is 0.494 e. The molecule has 0 aliphatic heterocycles. The molecule has 11 heteroatoms. The van der Waals surface area contributed by atoms with E-state index in [0.717, 1.165) is 17.5 Å². The van der Waals surface area contributed by atoms with Crippen LogP contribution in [0.1, 0.15) is 11.4 Å². The molecule has 0 unspecified atom stereocenters. The maximum Gasteiger partial charge on any atom is 0.262 e. The third-order valence-corrected chi connectivity index (χ3v) is 6.00. The molecule has 0 saturated heterocycles. The molecule has 0 bridgehead atoms. The lowest BCUT2D eigenvalue weighted by Crippen LogP contribution is -2.13. The van der Waals surface area contributed by atoms with Gasteiger partial charge in [-0.05, 0) is 62.4 Å². The van der Waals surface area contributed by atoms with Crippen LogP contribution in [0.25, 0.3) is 5.82 Å². The molecule has 0 radical (unpaired) electrons. The van der Waals surface area contributed by atoms with Gasteiger partial charge in [-0.15, -0.1) is 0 Å². The Bertz CT molecular complexity index is 1400. The first-order chi connectivity index (χ1) is 15.7. The van der Waals surface area contributed by atoms with Crippen molar-refractivity contribution in [3.05, 3.63) is 78.1 Å². The Hall–Kier alpha value is -3.99. The van der Waals surface area contributed by atoms with Crippen LogP contribution >= 0.6 is 0 Å². The lowest BCUT2D eigenvalue weighted by molar-refractivity contribution is 0.385. The van der Waals surface area contributed by atoms with Gasteiger partial charge in [0, 0.05) is 17.4 Å². The van der Waals surface area contributed by atoms with Crippen molar-refractivity contribution >= 4 is 15.7 Å². The van der Waals surface area contributed by atoms with Crippen molar-refractivity contribution in [1.29, 1.82) is 0 Å².